The van der Waals surface area contributed by atoms with Crippen molar-refractivity contribution in [2.45, 2.75) is 144 Å². The molecule has 0 amide bonds. The molecule has 3 nitrogen and oxygen atoms in total. The predicted octanol–water partition coefficient (Wildman–Crippen LogP) is 19.2. The molecule has 0 N–H and O–H groups in total. The molecule has 0 fully saturated rings. The molecule has 4 heteroatoms. The van der Waals surface area contributed by atoms with E-state index in [1.807, 2.05) is 0 Å². The maximum Gasteiger partial charge on any atom is 0.333 e. The number of benzene rings is 9. The van der Waals surface area contributed by atoms with E-state index in [0.717, 1.165) is 23.5 Å². The maximum atomic E-state index is 2.77. The van der Waals surface area contributed by atoms with Crippen LogP contribution >= 0.6 is 0 Å². The zero-order valence-electron chi connectivity index (χ0n) is 48.9. The number of nitrogens with zero attached hydrogens (tertiary/aromatic N) is 3. The summed E-state index contributed by atoms with van der Waals surface area (Å²) in [7, 11) is 0. The molecule has 9 aromatic carbocycles. The SMILES string of the molecule is Cc1cc(C)c(-c2cc3c4c(c2)N2c5ccc6ccccc6c5C(C)(C)c5cccc(c52)B4N(c2ccc4c(c2)C(C)(C)CCC4(C)C)c2cc(N(c4ccc(C(C)(C)C)cc4)c4ccc(C(C)(C)C)cc4)ccc2-3)c(C)c1. The minimum absolute atomic E-state index is 0.0179. The molecule has 78 heavy (non-hydrogen) atoms. The minimum Gasteiger partial charge on any atom is -0.376 e. The predicted molar refractivity (Wildman–Crippen MR) is 337 cm³/mol. The Morgan fingerprint density at radius 2 is 1.12 bits per heavy atom. The second kappa shape index (κ2) is 17.1. The third-order valence-electron chi connectivity index (χ3n) is 18.8. The van der Waals surface area contributed by atoms with E-state index in [1.54, 1.807) is 0 Å². The largest absolute Gasteiger partial charge is 0.376 e. The van der Waals surface area contributed by atoms with Crippen LogP contribution in [-0.2, 0) is 27.1 Å². The molecule has 0 atom stereocenters. The van der Waals surface area contributed by atoms with Crippen molar-refractivity contribution in [3.63, 3.8) is 0 Å². The maximum absolute atomic E-state index is 2.77. The van der Waals surface area contributed by atoms with Gasteiger partial charge in [-0.25, -0.2) is 0 Å². The molecular weight excluding hydrogens is 942 g/mol. The van der Waals surface area contributed by atoms with Crippen LogP contribution in [0.4, 0.5) is 45.5 Å². The Balaban J connectivity index is 1.15. The van der Waals surface area contributed by atoms with Crippen LogP contribution in [0.1, 0.15) is 146 Å². The Kier molecular flexibility index (Phi) is 11.0. The van der Waals surface area contributed by atoms with E-state index in [1.165, 1.54) is 129 Å². The van der Waals surface area contributed by atoms with E-state index >= 15 is 0 Å². The minimum atomic E-state index is -0.294. The highest BCUT2D eigenvalue weighted by Gasteiger charge is 2.51. The van der Waals surface area contributed by atoms with E-state index in [9.17, 15) is 0 Å². The lowest BCUT2D eigenvalue weighted by Crippen LogP contribution is -2.62. The van der Waals surface area contributed by atoms with Gasteiger partial charge < -0.3 is 14.6 Å². The van der Waals surface area contributed by atoms with Crippen LogP contribution in [0.15, 0.2) is 164 Å². The van der Waals surface area contributed by atoms with Crippen molar-refractivity contribution in [3.05, 3.63) is 214 Å². The molecule has 0 aromatic heterocycles. The first-order valence-corrected chi connectivity index (χ1v) is 28.7. The molecule has 9 aromatic rings. The molecule has 0 unspecified atom stereocenters. The third-order valence-corrected chi connectivity index (χ3v) is 18.8. The molecule has 0 radical (unpaired) electrons. The van der Waals surface area contributed by atoms with E-state index in [4.69, 9.17) is 0 Å². The number of hydrogen-bond acceptors (Lipinski definition) is 3. The highest BCUT2D eigenvalue weighted by atomic mass is 15.2. The Morgan fingerprint density at radius 3 is 1.76 bits per heavy atom. The fourth-order valence-corrected chi connectivity index (χ4v) is 14.6. The topological polar surface area (TPSA) is 9.72 Å². The van der Waals surface area contributed by atoms with Crippen molar-refractivity contribution in [3.8, 4) is 22.3 Å². The number of aryl methyl sites for hydroxylation is 3. The highest BCUT2D eigenvalue weighted by Crippen LogP contribution is 2.58. The van der Waals surface area contributed by atoms with Gasteiger partial charge in [0.25, 0.3) is 0 Å². The summed E-state index contributed by atoms with van der Waals surface area (Å²) in [5.41, 5.74) is 29.6. The Hall–Kier alpha value is -7.30. The molecule has 0 saturated carbocycles. The smallest absolute Gasteiger partial charge is 0.333 e. The van der Waals surface area contributed by atoms with Gasteiger partial charge in [0.1, 0.15) is 0 Å². The molecule has 1 aliphatic carbocycles. The van der Waals surface area contributed by atoms with Crippen molar-refractivity contribution in [1.82, 2.24) is 0 Å². The molecule has 0 spiro atoms. The lowest BCUT2D eigenvalue weighted by atomic mass is 9.42. The van der Waals surface area contributed by atoms with Gasteiger partial charge in [-0.1, -0.05) is 186 Å². The monoisotopic (exact) mass is 1020 g/mol. The van der Waals surface area contributed by atoms with Gasteiger partial charge in [-0.05, 0) is 205 Å². The van der Waals surface area contributed by atoms with E-state index < -0.39 is 0 Å². The zero-order chi connectivity index (χ0) is 54.7. The van der Waals surface area contributed by atoms with Gasteiger partial charge in [0.2, 0.25) is 0 Å². The Labute approximate surface area is 466 Å². The third kappa shape index (κ3) is 7.59. The van der Waals surface area contributed by atoms with Crippen LogP contribution in [0.25, 0.3) is 33.0 Å². The van der Waals surface area contributed by atoms with Crippen molar-refractivity contribution in [2.24, 2.45) is 0 Å². The molecule has 3 aliphatic heterocycles. The van der Waals surface area contributed by atoms with Crippen LogP contribution in [0, 0.1) is 20.8 Å². The number of rotatable bonds is 5. The van der Waals surface area contributed by atoms with Gasteiger partial charge in [0.05, 0.1) is 5.69 Å². The molecule has 3 heterocycles. The molecule has 13 rings (SSSR count). The first-order valence-electron chi connectivity index (χ1n) is 28.7. The first-order chi connectivity index (χ1) is 36.9. The zero-order valence-corrected chi connectivity index (χ0v) is 48.9. The van der Waals surface area contributed by atoms with E-state index in [-0.39, 0.29) is 33.9 Å². The van der Waals surface area contributed by atoms with Crippen molar-refractivity contribution in [1.29, 1.82) is 0 Å². The van der Waals surface area contributed by atoms with Crippen molar-refractivity contribution >= 4 is 74.0 Å². The summed E-state index contributed by atoms with van der Waals surface area (Å²) in [5.74, 6) is 0. The lowest BCUT2D eigenvalue weighted by Gasteiger charge is -2.51. The number of para-hydroxylation sites is 1. The number of hydrogen-bond donors (Lipinski definition) is 0. The molecule has 390 valence electrons. The first kappa shape index (κ1) is 50.2. The molecule has 4 aliphatic rings. The summed E-state index contributed by atoms with van der Waals surface area (Å²) in [5, 5.41) is 2.59. The Bertz CT molecular complexity index is 3870. The average molecular weight is 1020 g/mol. The van der Waals surface area contributed by atoms with Gasteiger partial charge in [0, 0.05) is 50.8 Å². The van der Waals surface area contributed by atoms with Gasteiger partial charge in [-0.2, -0.15) is 0 Å². The average Bonchev–Trinajstić information content (AvgIpc) is 3.58. The van der Waals surface area contributed by atoms with Crippen LogP contribution in [0.3, 0.4) is 0 Å². The van der Waals surface area contributed by atoms with Crippen LogP contribution < -0.4 is 25.5 Å². The summed E-state index contributed by atoms with van der Waals surface area (Å²) < 4.78 is 0. The van der Waals surface area contributed by atoms with Gasteiger partial charge in [0.15, 0.2) is 0 Å². The number of anilines is 8. The van der Waals surface area contributed by atoms with Gasteiger partial charge in [-0.15, -0.1) is 0 Å². The quantitative estimate of drug-likeness (QED) is 0.159. The van der Waals surface area contributed by atoms with E-state index in [0.29, 0.717) is 0 Å². The Morgan fingerprint density at radius 1 is 0.500 bits per heavy atom. The van der Waals surface area contributed by atoms with Crippen LogP contribution in [0.2, 0.25) is 0 Å². The standard InChI is InChI=1S/C74H76BN3/c1-45-39-46(2)66(47(3)40-45)49-41-58-57-34-32-54(76(52-28-24-50(25-29-52)70(4,5)6)53-30-26-51(27-31-53)71(7,8)9)44-64(57)78(55-33-35-59-61(43-55)73(12,13)38-37-72(59,10)11)75-62-22-18-21-60-69(62)77(65(42-49)68(58)75)63-36-23-48-19-16-17-20-56(48)67(63)74(60,14)15/h16-36,39-44H,37-38H2,1-15H3. The summed E-state index contributed by atoms with van der Waals surface area (Å²) in [6.45, 7) is 35.3. The van der Waals surface area contributed by atoms with Gasteiger partial charge >= 0.3 is 6.85 Å². The fourth-order valence-electron chi connectivity index (χ4n) is 14.6. The molecular formula is C74H76BN3. The summed E-state index contributed by atoms with van der Waals surface area (Å²) in [6, 6.07) is 64.5. The van der Waals surface area contributed by atoms with Gasteiger partial charge in [-0.3, -0.25) is 0 Å². The summed E-state index contributed by atoms with van der Waals surface area (Å²) in [4.78, 5) is 7.95. The van der Waals surface area contributed by atoms with Crippen LogP contribution in [-0.4, -0.2) is 6.85 Å². The second-order valence-electron chi connectivity index (χ2n) is 27.5. The number of fused-ring (bicyclic) bond motifs is 9. The van der Waals surface area contributed by atoms with E-state index in [2.05, 4.69) is 282 Å². The summed E-state index contributed by atoms with van der Waals surface area (Å²) in [6.07, 6.45) is 2.32. The second-order valence-corrected chi connectivity index (χ2v) is 27.5. The van der Waals surface area contributed by atoms with Crippen LogP contribution in [0.5, 0.6) is 0 Å². The summed E-state index contributed by atoms with van der Waals surface area (Å²) >= 11 is 0. The van der Waals surface area contributed by atoms with Crippen molar-refractivity contribution in [2.75, 3.05) is 14.6 Å². The van der Waals surface area contributed by atoms with Crippen molar-refractivity contribution < 1.29 is 0 Å². The normalized spacial score (nSPS) is 16.3. The highest BCUT2D eigenvalue weighted by molar-refractivity contribution is 6.93. The lowest BCUT2D eigenvalue weighted by molar-refractivity contribution is 0.332. The fraction of sp³-hybridized carbons (Fsp3) is 0.297. The molecule has 0 bridgehead atoms. The molecule has 0 saturated heterocycles.